The largest absolute Gasteiger partial charge is 0.456 e. The lowest BCUT2D eigenvalue weighted by Crippen LogP contribution is -2.22. The Morgan fingerprint density at radius 2 is 1.72 bits per heavy atom. The molecule has 5 aromatic rings. The molecular formula is C29H23NO2. The quantitative estimate of drug-likeness (QED) is 0.277. The molecule has 3 aromatic carbocycles. The number of nitrogens with zero attached hydrogens (tertiary/aromatic N) is 1. The molecule has 156 valence electrons. The van der Waals surface area contributed by atoms with Gasteiger partial charge >= 0.3 is 0 Å². The van der Waals surface area contributed by atoms with Gasteiger partial charge in [-0.25, -0.2) is 0 Å². The number of hydrogen-bond donors (Lipinski definition) is 0. The van der Waals surface area contributed by atoms with E-state index in [1.807, 2.05) is 30.3 Å². The van der Waals surface area contributed by atoms with E-state index < -0.39 is 0 Å². The minimum Gasteiger partial charge on any atom is -0.456 e. The van der Waals surface area contributed by atoms with E-state index in [0.29, 0.717) is 11.5 Å². The third kappa shape index (κ3) is 2.66. The number of fused-ring (bicyclic) bond motifs is 6. The second-order valence-corrected chi connectivity index (χ2v) is 9.73. The SMILES string of the molecule is CC(C)(C)C1C=Cc2oc3c(-c4c(C#N)ccc5oc6ccccc6c45)cccc3c2C1. The first kappa shape index (κ1) is 19.0. The molecule has 2 aromatic heterocycles. The standard InChI is InChI=1S/C29H23NO2/c1-29(2,3)18-12-14-24-22(15-18)19-8-6-9-21(28(19)32-24)26-17(16-30)11-13-25-27(26)20-7-4-5-10-23(20)31-25/h4-14,18H,15H2,1-3H3. The van der Waals surface area contributed by atoms with Gasteiger partial charge in [-0.15, -0.1) is 0 Å². The van der Waals surface area contributed by atoms with Crippen molar-refractivity contribution in [1.29, 1.82) is 5.26 Å². The van der Waals surface area contributed by atoms with Crippen molar-refractivity contribution < 1.29 is 8.83 Å². The van der Waals surface area contributed by atoms with E-state index in [9.17, 15) is 5.26 Å². The zero-order chi connectivity index (χ0) is 22.0. The Hall–Kier alpha value is -3.77. The van der Waals surface area contributed by atoms with Crippen LogP contribution in [0.5, 0.6) is 0 Å². The van der Waals surface area contributed by atoms with Crippen LogP contribution in [-0.4, -0.2) is 0 Å². The summed E-state index contributed by atoms with van der Waals surface area (Å²) >= 11 is 0. The van der Waals surface area contributed by atoms with Crippen LogP contribution < -0.4 is 0 Å². The molecule has 0 spiro atoms. The maximum absolute atomic E-state index is 9.98. The summed E-state index contributed by atoms with van der Waals surface area (Å²) in [6.45, 7) is 6.85. The summed E-state index contributed by atoms with van der Waals surface area (Å²) in [4.78, 5) is 0. The summed E-state index contributed by atoms with van der Waals surface area (Å²) in [6, 6.07) is 20.4. The Morgan fingerprint density at radius 1 is 0.906 bits per heavy atom. The van der Waals surface area contributed by atoms with E-state index >= 15 is 0 Å². The van der Waals surface area contributed by atoms with Crippen LogP contribution in [0.2, 0.25) is 0 Å². The number of nitriles is 1. The summed E-state index contributed by atoms with van der Waals surface area (Å²) in [7, 11) is 0. The molecule has 3 heteroatoms. The molecule has 1 unspecified atom stereocenters. The maximum Gasteiger partial charge on any atom is 0.142 e. The topological polar surface area (TPSA) is 50.1 Å². The zero-order valence-electron chi connectivity index (χ0n) is 18.4. The summed E-state index contributed by atoms with van der Waals surface area (Å²) in [5.41, 5.74) is 6.31. The Balaban J connectivity index is 1.67. The van der Waals surface area contributed by atoms with Crippen molar-refractivity contribution in [2.75, 3.05) is 0 Å². The molecule has 6 rings (SSSR count). The molecular weight excluding hydrogens is 394 g/mol. The Morgan fingerprint density at radius 3 is 2.53 bits per heavy atom. The van der Waals surface area contributed by atoms with Crippen molar-refractivity contribution >= 4 is 39.0 Å². The number of rotatable bonds is 1. The fourth-order valence-electron chi connectivity index (χ4n) is 5.01. The van der Waals surface area contributed by atoms with Gasteiger partial charge in [-0.2, -0.15) is 5.26 Å². The van der Waals surface area contributed by atoms with Crippen LogP contribution in [0.15, 0.2) is 69.5 Å². The first-order valence-electron chi connectivity index (χ1n) is 11.0. The molecule has 0 amide bonds. The summed E-state index contributed by atoms with van der Waals surface area (Å²) in [6.07, 6.45) is 5.35. The van der Waals surface area contributed by atoms with Crippen LogP contribution in [0.1, 0.15) is 37.7 Å². The van der Waals surface area contributed by atoms with Crippen LogP contribution >= 0.6 is 0 Å². The number of allylic oxidation sites excluding steroid dienone is 1. The van der Waals surface area contributed by atoms with Crippen LogP contribution in [0.25, 0.3) is 50.1 Å². The lowest BCUT2D eigenvalue weighted by atomic mass is 9.75. The van der Waals surface area contributed by atoms with Gasteiger partial charge in [0, 0.05) is 32.8 Å². The summed E-state index contributed by atoms with van der Waals surface area (Å²) < 4.78 is 12.6. The van der Waals surface area contributed by atoms with Crippen LogP contribution in [0, 0.1) is 22.7 Å². The van der Waals surface area contributed by atoms with Gasteiger partial charge in [-0.1, -0.05) is 63.2 Å². The second-order valence-electron chi connectivity index (χ2n) is 9.73. The summed E-state index contributed by atoms with van der Waals surface area (Å²) in [5.74, 6) is 1.38. The van der Waals surface area contributed by atoms with Crippen molar-refractivity contribution in [3.8, 4) is 17.2 Å². The smallest absolute Gasteiger partial charge is 0.142 e. The van der Waals surface area contributed by atoms with E-state index in [-0.39, 0.29) is 5.41 Å². The average Bonchev–Trinajstić information content (AvgIpc) is 3.35. The predicted octanol–water partition coefficient (Wildman–Crippen LogP) is 8.10. The van der Waals surface area contributed by atoms with Crippen molar-refractivity contribution in [3.05, 3.63) is 77.6 Å². The van der Waals surface area contributed by atoms with Crippen molar-refractivity contribution in [2.45, 2.75) is 27.2 Å². The minimum atomic E-state index is 0.185. The highest BCUT2D eigenvalue weighted by Gasteiger charge is 2.29. The van der Waals surface area contributed by atoms with Gasteiger partial charge in [0.05, 0.1) is 11.6 Å². The first-order chi connectivity index (χ1) is 15.5. The highest BCUT2D eigenvalue weighted by Crippen LogP contribution is 2.45. The molecule has 2 heterocycles. The number of para-hydroxylation sites is 2. The van der Waals surface area contributed by atoms with Gasteiger partial charge in [0.15, 0.2) is 0 Å². The molecule has 0 radical (unpaired) electrons. The lowest BCUT2D eigenvalue weighted by molar-refractivity contribution is 0.290. The number of hydrogen-bond acceptors (Lipinski definition) is 3. The third-order valence-electron chi connectivity index (χ3n) is 6.80. The Bertz CT molecular complexity index is 1600. The first-order valence-corrected chi connectivity index (χ1v) is 11.0. The molecule has 0 saturated heterocycles. The van der Waals surface area contributed by atoms with Crippen molar-refractivity contribution in [2.24, 2.45) is 11.3 Å². The molecule has 0 aliphatic heterocycles. The summed E-state index contributed by atoms with van der Waals surface area (Å²) in [5, 5.41) is 13.1. The molecule has 0 bridgehead atoms. The highest BCUT2D eigenvalue weighted by atomic mass is 16.3. The van der Waals surface area contributed by atoms with E-state index in [1.54, 1.807) is 0 Å². The van der Waals surface area contributed by atoms with E-state index in [0.717, 1.165) is 56.2 Å². The van der Waals surface area contributed by atoms with Gasteiger partial charge in [0.25, 0.3) is 0 Å². The highest BCUT2D eigenvalue weighted by molar-refractivity contribution is 6.16. The van der Waals surface area contributed by atoms with Crippen molar-refractivity contribution in [1.82, 2.24) is 0 Å². The van der Waals surface area contributed by atoms with Gasteiger partial charge in [0.1, 0.15) is 22.5 Å². The van der Waals surface area contributed by atoms with Gasteiger partial charge < -0.3 is 8.83 Å². The van der Waals surface area contributed by atoms with Crippen LogP contribution in [-0.2, 0) is 6.42 Å². The zero-order valence-corrected chi connectivity index (χ0v) is 18.4. The Kier molecular flexibility index (Phi) is 3.92. The fourth-order valence-corrected chi connectivity index (χ4v) is 5.01. The molecule has 0 saturated carbocycles. The molecule has 1 atom stereocenters. The van der Waals surface area contributed by atoms with E-state index in [2.05, 4.69) is 63.3 Å². The predicted molar refractivity (Wildman–Crippen MR) is 129 cm³/mol. The fraction of sp³-hybridized carbons (Fsp3) is 0.207. The van der Waals surface area contributed by atoms with Gasteiger partial charge in [-0.05, 0) is 42.0 Å². The molecule has 0 fully saturated rings. The molecule has 0 N–H and O–H groups in total. The van der Waals surface area contributed by atoms with Gasteiger partial charge in [0.2, 0.25) is 0 Å². The monoisotopic (exact) mass is 417 g/mol. The Labute approximate surface area is 186 Å². The molecule has 32 heavy (non-hydrogen) atoms. The van der Waals surface area contributed by atoms with Gasteiger partial charge in [-0.3, -0.25) is 0 Å². The van der Waals surface area contributed by atoms with E-state index in [4.69, 9.17) is 8.83 Å². The molecule has 1 aliphatic rings. The number of benzene rings is 3. The average molecular weight is 418 g/mol. The number of furan rings is 2. The molecule has 3 nitrogen and oxygen atoms in total. The normalized spacial score (nSPS) is 16.0. The minimum absolute atomic E-state index is 0.185. The second kappa shape index (κ2) is 6.61. The van der Waals surface area contributed by atoms with Crippen molar-refractivity contribution in [3.63, 3.8) is 0 Å². The van der Waals surface area contributed by atoms with E-state index in [1.165, 1.54) is 5.56 Å². The lowest BCUT2D eigenvalue weighted by Gasteiger charge is -2.30. The van der Waals surface area contributed by atoms with Crippen LogP contribution in [0.3, 0.4) is 0 Å². The molecule has 1 aliphatic carbocycles. The van der Waals surface area contributed by atoms with Crippen LogP contribution in [0.4, 0.5) is 0 Å². The maximum atomic E-state index is 9.98. The third-order valence-corrected chi connectivity index (χ3v) is 6.80.